The lowest BCUT2D eigenvalue weighted by Crippen LogP contribution is -1.93. The molecule has 0 bridgehead atoms. The molecular formula is C21H16N2O2. The van der Waals surface area contributed by atoms with Gasteiger partial charge in [-0.25, -0.2) is 0 Å². The minimum Gasteiger partial charge on any atom is -0.350 e. The minimum absolute atomic E-state index is 0.102. The van der Waals surface area contributed by atoms with Gasteiger partial charge in [0.1, 0.15) is 0 Å². The molecule has 1 aromatic heterocycles. The summed E-state index contributed by atoms with van der Waals surface area (Å²) in [6, 6.07) is 23.3. The van der Waals surface area contributed by atoms with Crippen molar-refractivity contribution in [1.29, 1.82) is 0 Å². The van der Waals surface area contributed by atoms with Crippen LogP contribution in [0.4, 0.5) is 5.69 Å². The third kappa shape index (κ3) is 2.58. The lowest BCUT2D eigenvalue weighted by atomic mass is 9.92. The molecule has 0 N–H and O–H groups in total. The van der Waals surface area contributed by atoms with Crippen LogP contribution in [0.15, 0.2) is 79.0 Å². The number of nitro groups is 1. The quantitative estimate of drug-likeness (QED) is 0.372. The van der Waals surface area contributed by atoms with Crippen LogP contribution in [-0.2, 0) is 7.05 Å². The second kappa shape index (κ2) is 5.91. The molecular weight excluding hydrogens is 312 g/mol. The highest BCUT2D eigenvalue weighted by Gasteiger charge is 2.15. The Morgan fingerprint density at radius 3 is 2.24 bits per heavy atom. The van der Waals surface area contributed by atoms with E-state index in [9.17, 15) is 10.1 Å². The van der Waals surface area contributed by atoms with Gasteiger partial charge in [-0.3, -0.25) is 10.1 Å². The van der Waals surface area contributed by atoms with E-state index in [4.69, 9.17) is 0 Å². The number of aromatic nitrogens is 1. The van der Waals surface area contributed by atoms with Crippen LogP contribution >= 0.6 is 0 Å². The molecule has 122 valence electrons. The fourth-order valence-corrected chi connectivity index (χ4v) is 3.29. The fourth-order valence-electron chi connectivity index (χ4n) is 3.29. The second-order valence-corrected chi connectivity index (χ2v) is 6.02. The molecule has 25 heavy (non-hydrogen) atoms. The van der Waals surface area contributed by atoms with Crippen molar-refractivity contribution in [3.63, 3.8) is 0 Å². The number of nitro benzene ring substituents is 1. The molecule has 0 aliphatic heterocycles. The van der Waals surface area contributed by atoms with Crippen molar-refractivity contribution < 1.29 is 4.92 Å². The number of hydrogen-bond donors (Lipinski definition) is 0. The van der Waals surface area contributed by atoms with Crippen molar-refractivity contribution in [3.05, 3.63) is 89.1 Å². The van der Waals surface area contributed by atoms with Crippen molar-refractivity contribution in [1.82, 2.24) is 4.57 Å². The topological polar surface area (TPSA) is 48.1 Å². The molecule has 0 unspecified atom stereocenters. The molecule has 0 radical (unpaired) electrons. The summed E-state index contributed by atoms with van der Waals surface area (Å²) < 4.78 is 2.12. The van der Waals surface area contributed by atoms with Crippen molar-refractivity contribution in [3.8, 4) is 22.3 Å². The molecule has 4 heteroatoms. The molecule has 4 aromatic rings. The summed E-state index contributed by atoms with van der Waals surface area (Å²) in [5, 5.41) is 12.1. The van der Waals surface area contributed by atoms with Crippen LogP contribution in [0.25, 0.3) is 33.2 Å². The molecule has 0 atom stereocenters. The van der Waals surface area contributed by atoms with Crippen LogP contribution in [0, 0.1) is 10.1 Å². The highest BCUT2D eigenvalue weighted by atomic mass is 16.6. The number of nitrogens with zero attached hydrogens (tertiary/aromatic N) is 2. The van der Waals surface area contributed by atoms with Gasteiger partial charge in [-0.1, -0.05) is 42.5 Å². The Labute approximate surface area is 145 Å². The standard InChI is InChI=1S/C21H16N2O2/c1-22-14-13-17-9-12-19(15-7-10-18(11-8-15)23(24)25)20(21(17)22)16-5-3-2-4-6-16/h2-14H,1H3. The maximum Gasteiger partial charge on any atom is 0.269 e. The first-order valence-electron chi connectivity index (χ1n) is 8.03. The van der Waals surface area contributed by atoms with Gasteiger partial charge in [0, 0.05) is 36.3 Å². The van der Waals surface area contributed by atoms with E-state index in [1.54, 1.807) is 12.1 Å². The Bertz CT molecular complexity index is 1060. The van der Waals surface area contributed by atoms with E-state index in [2.05, 4.69) is 41.1 Å². The first kappa shape index (κ1) is 15.1. The summed E-state index contributed by atoms with van der Waals surface area (Å²) in [6.07, 6.45) is 2.05. The van der Waals surface area contributed by atoms with Crippen LogP contribution in [0.2, 0.25) is 0 Å². The zero-order valence-electron chi connectivity index (χ0n) is 13.7. The summed E-state index contributed by atoms with van der Waals surface area (Å²) in [6.45, 7) is 0. The molecule has 0 fully saturated rings. The van der Waals surface area contributed by atoms with Crippen molar-refractivity contribution in [2.75, 3.05) is 0 Å². The molecule has 0 spiro atoms. The largest absolute Gasteiger partial charge is 0.350 e. The molecule has 0 aliphatic carbocycles. The highest BCUT2D eigenvalue weighted by molar-refractivity contribution is 6.02. The Morgan fingerprint density at radius 1 is 0.840 bits per heavy atom. The predicted molar refractivity (Wildman–Crippen MR) is 100 cm³/mol. The van der Waals surface area contributed by atoms with Crippen molar-refractivity contribution >= 4 is 16.6 Å². The molecule has 1 heterocycles. The van der Waals surface area contributed by atoms with Crippen LogP contribution < -0.4 is 0 Å². The summed E-state index contributed by atoms with van der Waals surface area (Å²) in [5.74, 6) is 0. The average Bonchev–Trinajstić information content (AvgIpc) is 3.03. The average molecular weight is 328 g/mol. The van der Waals surface area contributed by atoms with Gasteiger partial charge in [-0.2, -0.15) is 0 Å². The van der Waals surface area contributed by atoms with E-state index >= 15 is 0 Å². The van der Waals surface area contributed by atoms with Crippen molar-refractivity contribution in [2.24, 2.45) is 7.05 Å². The van der Waals surface area contributed by atoms with E-state index in [0.29, 0.717) is 0 Å². The van der Waals surface area contributed by atoms with Gasteiger partial charge in [0.15, 0.2) is 0 Å². The summed E-state index contributed by atoms with van der Waals surface area (Å²) in [7, 11) is 2.04. The van der Waals surface area contributed by atoms with Crippen molar-refractivity contribution in [2.45, 2.75) is 0 Å². The third-order valence-corrected chi connectivity index (χ3v) is 4.49. The molecule has 3 aromatic carbocycles. The monoisotopic (exact) mass is 328 g/mol. The van der Waals surface area contributed by atoms with Gasteiger partial charge in [0.05, 0.1) is 10.4 Å². The van der Waals surface area contributed by atoms with Gasteiger partial charge >= 0.3 is 0 Å². The first-order valence-corrected chi connectivity index (χ1v) is 8.03. The molecule has 0 saturated heterocycles. The fraction of sp³-hybridized carbons (Fsp3) is 0.0476. The number of benzene rings is 3. The van der Waals surface area contributed by atoms with Gasteiger partial charge in [0.25, 0.3) is 5.69 Å². The maximum absolute atomic E-state index is 10.9. The van der Waals surface area contributed by atoms with E-state index in [1.165, 1.54) is 5.39 Å². The summed E-state index contributed by atoms with van der Waals surface area (Å²) in [4.78, 5) is 10.6. The predicted octanol–water partition coefficient (Wildman–Crippen LogP) is 5.42. The van der Waals surface area contributed by atoms with Gasteiger partial charge in [-0.05, 0) is 34.9 Å². The Balaban J connectivity index is 2.01. The second-order valence-electron chi connectivity index (χ2n) is 6.02. The number of non-ortho nitro benzene ring substituents is 1. The lowest BCUT2D eigenvalue weighted by molar-refractivity contribution is -0.384. The van der Waals surface area contributed by atoms with E-state index in [1.807, 2.05) is 37.4 Å². The maximum atomic E-state index is 10.9. The molecule has 0 saturated carbocycles. The van der Waals surface area contributed by atoms with E-state index in [-0.39, 0.29) is 10.6 Å². The normalized spacial score (nSPS) is 10.9. The SMILES string of the molecule is Cn1ccc2ccc(-c3ccc([N+](=O)[O-])cc3)c(-c3ccccc3)c21. The molecule has 0 aliphatic rings. The number of fused-ring (bicyclic) bond motifs is 1. The molecule has 0 amide bonds. The van der Waals surface area contributed by atoms with Crippen LogP contribution in [-0.4, -0.2) is 9.49 Å². The number of aryl methyl sites for hydroxylation is 1. The Kier molecular flexibility index (Phi) is 3.58. The van der Waals surface area contributed by atoms with E-state index in [0.717, 1.165) is 27.8 Å². The van der Waals surface area contributed by atoms with Gasteiger partial charge in [0.2, 0.25) is 0 Å². The lowest BCUT2D eigenvalue weighted by Gasteiger charge is -2.14. The number of hydrogen-bond acceptors (Lipinski definition) is 2. The van der Waals surface area contributed by atoms with Gasteiger partial charge in [-0.15, -0.1) is 0 Å². The Morgan fingerprint density at radius 2 is 1.56 bits per heavy atom. The van der Waals surface area contributed by atoms with Crippen LogP contribution in [0.3, 0.4) is 0 Å². The third-order valence-electron chi connectivity index (χ3n) is 4.49. The van der Waals surface area contributed by atoms with E-state index < -0.39 is 0 Å². The molecule has 4 nitrogen and oxygen atoms in total. The highest BCUT2D eigenvalue weighted by Crippen LogP contribution is 2.38. The first-order chi connectivity index (χ1) is 12.1. The Hall–Kier alpha value is -3.40. The minimum atomic E-state index is -0.373. The summed E-state index contributed by atoms with van der Waals surface area (Å²) in [5.41, 5.74) is 5.55. The number of rotatable bonds is 3. The van der Waals surface area contributed by atoms with Crippen LogP contribution in [0.1, 0.15) is 0 Å². The zero-order valence-corrected chi connectivity index (χ0v) is 13.7. The zero-order chi connectivity index (χ0) is 17.4. The smallest absolute Gasteiger partial charge is 0.269 e. The summed E-state index contributed by atoms with van der Waals surface area (Å²) >= 11 is 0. The van der Waals surface area contributed by atoms with Crippen LogP contribution in [0.5, 0.6) is 0 Å². The van der Waals surface area contributed by atoms with Gasteiger partial charge < -0.3 is 4.57 Å². The molecule has 4 rings (SSSR count).